The van der Waals surface area contributed by atoms with Crippen LogP contribution >= 0.6 is 0 Å². The third-order valence-corrected chi connectivity index (χ3v) is 2.86. The summed E-state index contributed by atoms with van der Waals surface area (Å²) in [6, 6.07) is 9.93. The molecule has 1 heterocycles. The Morgan fingerprint density at radius 2 is 1.80 bits per heavy atom. The molecule has 2 aromatic rings. The maximum absolute atomic E-state index is 12.1. The quantitative estimate of drug-likeness (QED) is 0.898. The summed E-state index contributed by atoms with van der Waals surface area (Å²) in [7, 11) is 0. The molecule has 1 amide bonds. The molecule has 0 bridgehead atoms. The number of carboxylic acid groups (broad SMARTS) is 1. The van der Waals surface area contributed by atoms with Crippen LogP contribution in [0.25, 0.3) is 0 Å². The van der Waals surface area contributed by atoms with Crippen LogP contribution in [0.4, 0.5) is 5.69 Å². The normalized spacial score (nSPS) is 10.1. The summed E-state index contributed by atoms with van der Waals surface area (Å²) in [5.41, 5.74) is 2.02. The number of hydrogen-bond donors (Lipinski definition) is 2. The Balaban J connectivity index is 2.35. The number of benzene rings is 1. The maximum Gasteiger partial charge on any atom is 0.337 e. The zero-order valence-electron chi connectivity index (χ0n) is 11.2. The molecule has 102 valence electrons. The molecule has 20 heavy (non-hydrogen) atoms. The first-order chi connectivity index (χ1) is 9.49. The Kier molecular flexibility index (Phi) is 3.79. The van der Waals surface area contributed by atoms with Gasteiger partial charge in [0.2, 0.25) is 0 Å². The van der Waals surface area contributed by atoms with Gasteiger partial charge in [-0.1, -0.05) is 18.2 Å². The predicted octanol–water partition coefficient (Wildman–Crippen LogP) is 2.65. The SMILES string of the molecule is Cc1cccc(C(=O)Nc2c(C)cccc2C(=O)O)n1. The van der Waals surface area contributed by atoms with Crippen LogP contribution in [0.2, 0.25) is 0 Å². The lowest BCUT2D eigenvalue weighted by Crippen LogP contribution is -2.17. The third-order valence-electron chi connectivity index (χ3n) is 2.86. The van der Waals surface area contributed by atoms with E-state index >= 15 is 0 Å². The van der Waals surface area contributed by atoms with Crippen molar-refractivity contribution < 1.29 is 14.7 Å². The molecule has 0 atom stereocenters. The van der Waals surface area contributed by atoms with Gasteiger partial charge in [-0.2, -0.15) is 0 Å². The molecule has 5 heteroatoms. The zero-order valence-corrected chi connectivity index (χ0v) is 11.2. The van der Waals surface area contributed by atoms with Crippen LogP contribution in [0.5, 0.6) is 0 Å². The molecule has 0 radical (unpaired) electrons. The maximum atomic E-state index is 12.1. The summed E-state index contributed by atoms with van der Waals surface area (Å²) in [6.07, 6.45) is 0. The average Bonchev–Trinajstić information content (AvgIpc) is 2.40. The number of para-hydroxylation sites is 1. The zero-order chi connectivity index (χ0) is 14.7. The van der Waals surface area contributed by atoms with Gasteiger partial charge in [-0.05, 0) is 37.6 Å². The summed E-state index contributed by atoms with van der Waals surface area (Å²) in [4.78, 5) is 27.4. The second-order valence-electron chi connectivity index (χ2n) is 4.42. The number of aromatic nitrogens is 1. The van der Waals surface area contributed by atoms with Crippen molar-refractivity contribution in [2.75, 3.05) is 5.32 Å². The largest absolute Gasteiger partial charge is 0.478 e. The highest BCUT2D eigenvalue weighted by Gasteiger charge is 2.16. The molecule has 0 spiro atoms. The van der Waals surface area contributed by atoms with Crippen molar-refractivity contribution in [2.45, 2.75) is 13.8 Å². The first-order valence-corrected chi connectivity index (χ1v) is 6.07. The summed E-state index contributed by atoms with van der Waals surface area (Å²) in [5, 5.41) is 11.8. The second kappa shape index (κ2) is 5.52. The van der Waals surface area contributed by atoms with E-state index in [1.54, 1.807) is 44.2 Å². The molecule has 2 rings (SSSR count). The lowest BCUT2D eigenvalue weighted by atomic mass is 10.1. The van der Waals surface area contributed by atoms with Gasteiger partial charge in [-0.3, -0.25) is 4.79 Å². The van der Waals surface area contributed by atoms with Crippen molar-refractivity contribution >= 4 is 17.6 Å². The molecule has 0 fully saturated rings. The van der Waals surface area contributed by atoms with E-state index in [0.29, 0.717) is 11.3 Å². The molecular weight excluding hydrogens is 256 g/mol. The molecule has 0 aliphatic rings. The fourth-order valence-corrected chi connectivity index (χ4v) is 1.86. The lowest BCUT2D eigenvalue weighted by molar-refractivity contribution is 0.0698. The van der Waals surface area contributed by atoms with E-state index in [1.165, 1.54) is 6.07 Å². The topological polar surface area (TPSA) is 79.3 Å². The number of anilines is 1. The monoisotopic (exact) mass is 270 g/mol. The molecule has 1 aromatic heterocycles. The van der Waals surface area contributed by atoms with Gasteiger partial charge in [0.25, 0.3) is 5.91 Å². The van der Waals surface area contributed by atoms with Gasteiger partial charge >= 0.3 is 5.97 Å². The molecule has 0 aliphatic carbocycles. The fraction of sp³-hybridized carbons (Fsp3) is 0.133. The number of carbonyl (C=O) groups excluding carboxylic acids is 1. The highest BCUT2D eigenvalue weighted by molar-refractivity contribution is 6.07. The van der Waals surface area contributed by atoms with E-state index in [1.807, 2.05) is 0 Å². The predicted molar refractivity (Wildman–Crippen MR) is 75.1 cm³/mol. The Morgan fingerprint density at radius 3 is 2.45 bits per heavy atom. The Bertz CT molecular complexity index is 681. The number of carboxylic acids is 1. The minimum Gasteiger partial charge on any atom is -0.478 e. The number of amides is 1. The lowest BCUT2D eigenvalue weighted by Gasteiger charge is -2.11. The van der Waals surface area contributed by atoms with E-state index in [-0.39, 0.29) is 11.3 Å². The number of carbonyl (C=O) groups is 2. The molecule has 0 saturated heterocycles. The summed E-state index contributed by atoms with van der Waals surface area (Å²) >= 11 is 0. The van der Waals surface area contributed by atoms with Crippen molar-refractivity contribution in [3.8, 4) is 0 Å². The number of nitrogens with zero attached hydrogens (tertiary/aromatic N) is 1. The van der Waals surface area contributed by atoms with Gasteiger partial charge in [0.15, 0.2) is 0 Å². The van der Waals surface area contributed by atoms with Crippen molar-refractivity contribution in [1.29, 1.82) is 0 Å². The van der Waals surface area contributed by atoms with Gasteiger partial charge in [-0.25, -0.2) is 9.78 Å². The van der Waals surface area contributed by atoms with Gasteiger partial charge in [-0.15, -0.1) is 0 Å². The molecule has 0 saturated carbocycles. The van der Waals surface area contributed by atoms with E-state index in [2.05, 4.69) is 10.3 Å². The number of aromatic carboxylic acids is 1. The Morgan fingerprint density at radius 1 is 1.10 bits per heavy atom. The standard InChI is InChI=1S/C15H14N2O3/c1-9-5-3-7-11(15(19)20)13(9)17-14(18)12-8-4-6-10(2)16-12/h3-8H,1-2H3,(H,17,18)(H,19,20). The van der Waals surface area contributed by atoms with E-state index in [4.69, 9.17) is 5.11 Å². The van der Waals surface area contributed by atoms with Gasteiger partial charge in [0.1, 0.15) is 5.69 Å². The van der Waals surface area contributed by atoms with Crippen LogP contribution in [0, 0.1) is 13.8 Å². The van der Waals surface area contributed by atoms with E-state index in [9.17, 15) is 9.59 Å². The average molecular weight is 270 g/mol. The highest BCUT2D eigenvalue weighted by Crippen LogP contribution is 2.21. The summed E-state index contributed by atoms with van der Waals surface area (Å²) in [6.45, 7) is 3.53. The molecule has 2 N–H and O–H groups in total. The number of aryl methyl sites for hydroxylation is 2. The van der Waals surface area contributed by atoms with Crippen LogP contribution in [-0.4, -0.2) is 22.0 Å². The molecule has 0 unspecified atom stereocenters. The Hall–Kier alpha value is -2.69. The minimum absolute atomic E-state index is 0.0611. The van der Waals surface area contributed by atoms with Crippen LogP contribution < -0.4 is 5.32 Å². The number of hydrogen-bond acceptors (Lipinski definition) is 3. The van der Waals surface area contributed by atoms with Crippen LogP contribution in [0.15, 0.2) is 36.4 Å². The van der Waals surface area contributed by atoms with Crippen molar-refractivity contribution in [2.24, 2.45) is 0 Å². The number of pyridine rings is 1. The van der Waals surface area contributed by atoms with Crippen LogP contribution in [-0.2, 0) is 0 Å². The number of rotatable bonds is 3. The number of nitrogens with one attached hydrogen (secondary N) is 1. The molecular formula is C15H14N2O3. The molecule has 5 nitrogen and oxygen atoms in total. The van der Waals surface area contributed by atoms with Crippen LogP contribution in [0.3, 0.4) is 0 Å². The third kappa shape index (κ3) is 2.83. The van der Waals surface area contributed by atoms with Gasteiger partial charge in [0.05, 0.1) is 11.3 Å². The minimum atomic E-state index is -1.08. The van der Waals surface area contributed by atoms with Crippen molar-refractivity contribution in [3.63, 3.8) is 0 Å². The Labute approximate surface area is 116 Å². The van der Waals surface area contributed by atoms with Gasteiger partial charge < -0.3 is 10.4 Å². The summed E-state index contributed by atoms with van der Waals surface area (Å²) in [5.74, 6) is -1.51. The molecule has 1 aromatic carbocycles. The first-order valence-electron chi connectivity index (χ1n) is 6.07. The molecule has 0 aliphatic heterocycles. The highest BCUT2D eigenvalue weighted by atomic mass is 16.4. The first kappa shape index (κ1) is 13.7. The fourth-order valence-electron chi connectivity index (χ4n) is 1.86. The van der Waals surface area contributed by atoms with Gasteiger partial charge in [0, 0.05) is 5.69 Å². The van der Waals surface area contributed by atoms with Crippen molar-refractivity contribution in [1.82, 2.24) is 4.98 Å². The van der Waals surface area contributed by atoms with Crippen molar-refractivity contribution in [3.05, 3.63) is 58.9 Å². The van der Waals surface area contributed by atoms with Crippen LogP contribution in [0.1, 0.15) is 32.1 Å². The second-order valence-corrected chi connectivity index (χ2v) is 4.42. The smallest absolute Gasteiger partial charge is 0.337 e. The summed E-state index contributed by atoms with van der Waals surface area (Å²) < 4.78 is 0. The van der Waals surface area contributed by atoms with E-state index < -0.39 is 11.9 Å². The van der Waals surface area contributed by atoms with E-state index in [0.717, 1.165) is 5.69 Å².